The highest BCUT2D eigenvalue weighted by Crippen LogP contribution is 2.26. The molecular formula is C6H18O14P2. The molecular weight excluding hydrogens is 358 g/mol. The Kier molecular flexibility index (Phi) is 18.7. The Hall–Kier alpha value is -0.600. The number of hydrogen-bond donors (Lipinski definition) is 10. The Labute approximate surface area is 123 Å². The summed E-state index contributed by atoms with van der Waals surface area (Å²) in [7, 11) is -9.28. The van der Waals surface area contributed by atoms with Crippen molar-refractivity contribution in [3.63, 3.8) is 0 Å². The van der Waals surface area contributed by atoms with E-state index < -0.39 is 39.8 Å². The van der Waals surface area contributed by atoms with Crippen LogP contribution in [0.2, 0.25) is 0 Å². The standard InChI is InChI=1S/2C3H6O3.2H3O4P/c2*1-2(4)3(5)6;2*1-5(2,3)4/h2*3,5-6H,1H3;2*(H3,1,2,3,4). The van der Waals surface area contributed by atoms with Crippen LogP contribution in [0.3, 0.4) is 0 Å². The van der Waals surface area contributed by atoms with Gasteiger partial charge in [0.05, 0.1) is 0 Å². The second kappa shape index (κ2) is 14.0. The van der Waals surface area contributed by atoms with Crippen molar-refractivity contribution >= 4 is 27.2 Å². The number of aliphatic hydroxyl groups is 4. The zero-order valence-electron chi connectivity index (χ0n) is 11.2. The first-order valence-electron chi connectivity index (χ1n) is 4.58. The van der Waals surface area contributed by atoms with E-state index in [1.807, 2.05) is 0 Å². The van der Waals surface area contributed by atoms with Gasteiger partial charge in [0.15, 0.2) is 11.6 Å². The van der Waals surface area contributed by atoms with Gasteiger partial charge in [-0.3, -0.25) is 9.59 Å². The molecule has 0 radical (unpaired) electrons. The highest BCUT2D eigenvalue weighted by molar-refractivity contribution is 7.45. The van der Waals surface area contributed by atoms with Crippen LogP contribution in [0.25, 0.3) is 0 Å². The highest BCUT2D eigenvalue weighted by atomic mass is 31.2. The van der Waals surface area contributed by atoms with Crippen LogP contribution in [0.15, 0.2) is 0 Å². The molecule has 0 rings (SSSR count). The topological polar surface area (TPSA) is 271 Å². The van der Waals surface area contributed by atoms with Crippen LogP contribution in [-0.4, -0.2) is 73.9 Å². The number of ketones is 2. The van der Waals surface area contributed by atoms with Crippen molar-refractivity contribution in [1.82, 2.24) is 0 Å². The Morgan fingerprint density at radius 2 is 0.682 bits per heavy atom. The van der Waals surface area contributed by atoms with Crippen molar-refractivity contribution < 1.29 is 68.5 Å². The maximum atomic E-state index is 9.64. The van der Waals surface area contributed by atoms with Gasteiger partial charge in [-0.15, -0.1) is 0 Å². The zero-order chi connectivity index (χ0) is 19.3. The molecule has 22 heavy (non-hydrogen) atoms. The summed E-state index contributed by atoms with van der Waals surface area (Å²) in [5.74, 6) is -1.26. The predicted octanol–water partition coefficient (Wildman–Crippen LogP) is -4.08. The number of carbonyl (C=O) groups is 2. The molecule has 136 valence electrons. The van der Waals surface area contributed by atoms with Crippen LogP contribution in [-0.2, 0) is 18.7 Å². The van der Waals surface area contributed by atoms with Crippen molar-refractivity contribution in [2.45, 2.75) is 26.4 Å². The first-order valence-corrected chi connectivity index (χ1v) is 7.71. The summed E-state index contributed by atoms with van der Waals surface area (Å²) in [5.41, 5.74) is 0. The van der Waals surface area contributed by atoms with Crippen molar-refractivity contribution in [2.24, 2.45) is 0 Å². The van der Waals surface area contributed by atoms with E-state index >= 15 is 0 Å². The zero-order valence-corrected chi connectivity index (χ0v) is 12.9. The second-order valence-corrected chi connectivity index (χ2v) is 5.05. The number of hydrogen-bond acceptors (Lipinski definition) is 8. The van der Waals surface area contributed by atoms with Crippen LogP contribution in [0.5, 0.6) is 0 Å². The molecule has 0 aliphatic rings. The summed E-state index contributed by atoms with van der Waals surface area (Å²) in [5, 5.41) is 31.3. The summed E-state index contributed by atoms with van der Waals surface area (Å²) in [4.78, 5) is 62.4. The normalized spacial score (nSPS) is 10.5. The van der Waals surface area contributed by atoms with E-state index in [1.165, 1.54) is 0 Å². The van der Waals surface area contributed by atoms with Crippen LogP contribution in [0, 0.1) is 0 Å². The lowest BCUT2D eigenvalue weighted by molar-refractivity contribution is -0.142. The van der Waals surface area contributed by atoms with Crippen molar-refractivity contribution in [2.75, 3.05) is 0 Å². The van der Waals surface area contributed by atoms with Gasteiger partial charge in [-0.2, -0.15) is 0 Å². The number of Topliss-reactive ketones (excluding diaryl/α,β-unsaturated/α-hetero) is 2. The van der Waals surface area contributed by atoms with Crippen LogP contribution in [0.4, 0.5) is 0 Å². The van der Waals surface area contributed by atoms with Gasteiger partial charge in [0, 0.05) is 0 Å². The lowest BCUT2D eigenvalue weighted by atomic mass is 10.4. The van der Waals surface area contributed by atoms with Crippen LogP contribution in [0.1, 0.15) is 13.8 Å². The fourth-order valence-corrected chi connectivity index (χ4v) is 0. The predicted molar refractivity (Wildman–Crippen MR) is 66.3 cm³/mol. The molecule has 0 aliphatic carbocycles. The fraction of sp³-hybridized carbons (Fsp3) is 0.667. The van der Waals surface area contributed by atoms with E-state index in [-0.39, 0.29) is 0 Å². The molecule has 0 atom stereocenters. The lowest BCUT2D eigenvalue weighted by Gasteiger charge is -1.90. The van der Waals surface area contributed by atoms with E-state index in [1.54, 1.807) is 0 Å². The van der Waals surface area contributed by atoms with Gasteiger partial charge in [-0.05, 0) is 13.8 Å². The Balaban J connectivity index is -0.0000000986. The highest BCUT2D eigenvalue weighted by Gasteiger charge is 2.01. The molecule has 16 heteroatoms. The van der Waals surface area contributed by atoms with Crippen molar-refractivity contribution in [3.05, 3.63) is 0 Å². The van der Waals surface area contributed by atoms with E-state index in [0.717, 1.165) is 13.8 Å². The summed E-state index contributed by atoms with van der Waals surface area (Å²) >= 11 is 0. The largest absolute Gasteiger partial charge is 0.466 e. The first-order chi connectivity index (χ1) is 9.29. The fourth-order valence-electron chi connectivity index (χ4n) is 0. The van der Waals surface area contributed by atoms with Gasteiger partial charge < -0.3 is 49.8 Å². The number of carbonyl (C=O) groups excluding carboxylic acids is 2. The molecule has 0 heterocycles. The summed E-state index contributed by atoms with van der Waals surface area (Å²) in [6, 6.07) is 0. The summed E-state index contributed by atoms with van der Waals surface area (Å²) < 4.78 is 17.8. The minimum Gasteiger partial charge on any atom is -0.362 e. The minimum atomic E-state index is -4.64. The van der Waals surface area contributed by atoms with Crippen molar-refractivity contribution in [1.29, 1.82) is 0 Å². The van der Waals surface area contributed by atoms with Gasteiger partial charge in [0.2, 0.25) is 12.6 Å². The third-order valence-electron chi connectivity index (χ3n) is 0.727. The van der Waals surface area contributed by atoms with Crippen LogP contribution < -0.4 is 0 Å². The molecule has 0 bridgehead atoms. The Morgan fingerprint density at radius 3 is 0.682 bits per heavy atom. The molecule has 0 aromatic rings. The van der Waals surface area contributed by atoms with E-state index in [2.05, 4.69) is 0 Å². The van der Waals surface area contributed by atoms with Gasteiger partial charge in [-0.1, -0.05) is 0 Å². The Morgan fingerprint density at radius 1 is 0.636 bits per heavy atom. The molecule has 14 nitrogen and oxygen atoms in total. The molecule has 10 N–H and O–H groups in total. The van der Waals surface area contributed by atoms with Gasteiger partial charge >= 0.3 is 15.6 Å². The monoisotopic (exact) mass is 376 g/mol. The van der Waals surface area contributed by atoms with Crippen molar-refractivity contribution in [3.8, 4) is 0 Å². The second-order valence-electron chi connectivity index (χ2n) is 3.00. The van der Waals surface area contributed by atoms with Gasteiger partial charge in [-0.25, -0.2) is 9.13 Å². The van der Waals surface area contributed by atoms with E-state index in [0.29, 0.717) is 0 Å². The SMILES string of the molecule is CC(=O)C(O)O.CC(=O)C(O)O.O=P(O)(O)O.O=P(O)(O)O. The number of rotatable bonds is 2. The Bertz CT molecular complexity index is 336. The minimum absolute atomic E-state index is 0.630. The molecule has 0 spiro atoms. The quantitative estimate of drug-likeness (QED) is 0.162. The lowest BCUT2D eigenvalue weighted by Crippen LogP contribution is -2.14. The third kappa shape index (κ3) is 120. The first kappa shape index (κ1) is 29.4. The van der Waals surface area contributed by atoms with E-state index in [9.17, 15) is 9.59 Å². The maximum absolute atomic E-state index is 9.64. The molecule has 0 aromatic carbocycles. The van der Waals surface area contributed by atoms with Gasteiger partial charge in [0.1, 0.15) is 0 Å². The average Bonchev–Trinajstić information content (AvgIpc) is 2.12. The smallest absolute Gasteiger partial charge is 0.362 e. The number of phosphoric acid groups is 2. The third-order valence-corrected chi connectivity index (χ3v) is 0.727. The molecule has 0 saturated carbocycles. The molecule has 0 saturated heterocycles. The van der Waals surface area contributed by atoms with Gasteiger partial charge in [0.25, 0.3) is 0 Å². The molecule has 0 aliphatic heterocycles. The molecule has 0 amide bonds. The summed E-state index contributed by atoms with van der Waals surface area (Å²) in [6.45, 7) is 2.20. The number of aliphatic hydroxyl groups excluding tert-OH is 2. The molecule has 0 aromatic heterocycles. The van der Waals surface area contributed by atoms with E-state index in [4.69, 9.17) is 58.9 Å². The summed E-state index contributed by atoms with van der Waals surface area (Å²) in [6.07, 6.45) is -3.57. The molecule has 0 fully saturated rings. The molecule has 0 unspecified atom stereocenters. The maximum Gasteiger partial charge on any atom is 0.466 e. The average molecular weight is 376 g/mol. The van der Waals surface area contributed by atoms with Crippen LogP contribution >= 0.6 is 15.6 Å².